The monoisotopic (exact) mass is 369 g/mol. The largest absolute Gasteiger partial charge is 0.494 e. The quantitative estimate of drug-likeness (QED) is 0.897. The minimum Gasteiger partial charge on any atom is -0.494 e. The van der Waals surface area contributed by atoms with Gasteiger partial charge in [-0.05, 0) is 49.1 Å². The Kier molecular flexibility index (Phi) is 4.51. The molecule has 2 amide bonds. The van der Waals surface area contributed by atoms with E-state index in [9.17, 15) is 14.0 Å². The first-order valence-corrected chi connectivity index (χ1v) is 8.92. The maximum absolute atomic E-state index is 13.9. The number of rotatable bonds is 4. The number of methoxy groups -OCH3 is 1. The van der Waals surface area contributed by atoms with Crippen LogP contribution in [0.25, 0.3) is 0 Å². The summed E-state index contributed by atoms with van der Waals surface area (Å²) in [5, 5.41) is 3.06. The Balaban J connectivity index is 1.40. The Hall–Kier alpha value is -2.96. The summed E-state index contributed by atoms with van der Waals surface area (Å²) in [5.41, 5.74) is 0.846. The van der Waals surface area contributed by atoms with Crippen LogP contribution in [0.5, 0.6) is 5.75 Å². The molecule has 1 aromatic carbocycles. The first-order valence-electron chi connectivity index (χ1n) is 8.92. The van der Waals surface area contributed by atoms with Crippen molar-refractivity contribution in [1.29, 1.82) is 0 Å². The van der Waals surface area contributed by atoms with Crippen molar-refractivity contribution in [2.75, 3.05) is 13.7 Å². The first-order chi connectivity index (χ1) is 13.1. The lowest BCUT2D eigenvalue weighted by Crippen LogP contribution is -2.47. The molecule has 3 atom stereocenters. The number of pyridine rings is 1. The lowest BCUT2D eigenvalue weighted by Gasteiger charge is -2.32. The summed E-state index contributed by atoms with van der Waals surface area (Å²) in [6.45, 7) is 0.565. The van der Waals surface area contributed by atoms with Crippen LogP contribution in [0.3, 0.4) is 0 Å². The van der Waals surface area contributed by atoms with Crippen molar-refractivity contribution in [2.45, 2.75) is 24.9 Å². The molecule has 27 heavy (non-hydrogen) atoms. The highest BCUT2D eigenvalue weighted by molar-refractivity contribution is 5.95. The highest BCUT2D eigenvalue weighted by Gasteiger charge is 2.47. The van der Waals surface area contributed by atoms with Gasteiger partial charge in [-0.3, -0.25) is 14.6 Å². The first kappa shape index (κ1) is 17.5. The lowest BCUT2D eigenvalue weighted by atomic mass is 10.0. The van der Waals surface area contributed by atoms with E-state index in [2.05, 4.69) is 10.3 Å². The van der Waals surface area contributed by atoms with Crippen LogP contribution in [-0.2, 0) is 0 Å². The molecule has 2 aliphatic rings. The molecule has 6 nitrogen and oxygen atoms in total. The number of halogens is 1. The number of carbonyl (C=O) groups is 2. The molecule has 1 saturated heterocycles. The van der Waals surface area contributed by atoms with Gasteiger partial charge >= 0.3 is 0 Å². The second-order valence-electron chi connectivity index (χ2n) is 7.01. The number of likely N-dealkylation sites (tertiary alicyclic amines) is 1. The summed E-state index contributed by atoms with van der Waals surface area (Å²) < 4.78 is 18.8. The molecule has 4 rings (SSSR count). The van der Waals surface area contributed by atoms with Crippen molar-refractivity contribution < 1.29 is 18.7 Å². The van der Waals surface area contributed by atoms with Gasteiger partial charge in [-0.15, -0.1) is 0 Å². The fourth-order valence-corrected chi connectivity index (χ4v) is 4.09. The summed E-state index contributed by atoms with van der Waals surface area (Å²) in [6.07, 6.45) is 4.72. The van der Waals surface area contributed by atoms with Crippen molar-refractivity contribution in [2.24, 2.45) is 5.92 Å². The zero-order valence-corrected chi connectivity index (χ0v) is 14.9. The molecular weight excluding hydrogens is 349 g/mol. The van der Waals surface area contributed by atoms with Crippen molar-refractivity contribution in [3.63, 3.8) is 0 Å². The second-order valence-corrected chi connectivity index (χ2v) is 7.01. The summed E-state index contributed by atoms with van der Waals surface area (Å²) >= 11 is 0. The Morgan fingerprint density at radius 2 is 2.11 bits per heavy atom. The minimum absolute atomic E-state index is 0.0411. The van der Waals surface area contributed by atoms with E-state index in [1.54, 1.807) is 29.3 Å². The van der Waals surface area contributed by atoms with Gasteiger partial charge in [0.25, 0.3) is 11.8 Å². The average molecular weight is 369 g/mol. The van der Waals surface area contributed by atoms with E-state index in [-0.39, 0.29) is 35.6 Å². The number of ether oxygens (including phenoxy) is 1. The van der Waals surface area contributed by atoms with E-state index in [0.29, 0.717) is 24.1 Å². The van der Waals surface area contributed by atoms with Crippen molar-refractivity contribution in [1.82, 2.24) is 15.2 Å². The smallest absolute Gasteiger partial charge is 0.254 e. The zero-order valence-electron chi connectivity index (χ0n) is 14.9. The molecule has 0 radical (unpaired) electrons. The number of carbonyl (C=O) groups excluding carboxylic acids is 2. The lowest BCUT2D eigenvalue weighted by molar-refractivity contribution is 0.0679. The van der Waals surface area contributed by atoms with Gasteiger partial charge < -0.3 is 15.0 Å². The third-order valence-electron chi connectivity index (χ3n) is 5.44. The Morgan fingerprint density at radius 3 is 2.74 bits per heavy atom. The van der Waals surface area contributed by atoms with Crippen molar-refractivity contribution >= 4 is 11.8 Å². The molecule has 2 bridgehead atoms. The normalized spacial score (nSPS) is 23.3. The van der Waals surface area contributed by atoms with Gasteiger partial charge in [-0.1, -0.05) is 0 Å². The van der Waals surface area contributed by atoms with Crippen molar-refractivity contribution in [3.05, 3.63) is 59.7 Å². The molecule has 0 unspecified atom stereocenters. The van der Waals surface area contributed by atoms with Crippen LogP contribution >= 0.6 is 0 Å². The Labute approximate surface area is 156 Å². The van der Waals surface area contributed by atoms with E-state index < -0.39 is 5.82 Å². The number of aromatic nitrogens is 1. The van der Waals surface area contributed by atoms with Crippen LogP contribution < -0.4 is 10.1 Å². The predicted octanol–water partition coefficient (Wildman–Crippen LogP) is 2.26. The van der Waals surface area contributed by atoms with E-state index in [1.807, 2.05) is 0 Å². The predicted molar refractivity (Wildman–Crippen MR) is 96.0 cm³/mol. The molecular formula is C20H20FN3O3. The Bertz CT molecular complexity index is 874. The van der Waals surface area contributed by atoms with Crippen LogP contribution in [0.4, 0.5) is 4.39 Å². The molecule has 1 saturated carbocycles. The highest BCUT2D eigenvalue weighted by Crippen LogP contribution is 2.39. The van der Waals surface area contributed by atoms with Gasteiger partial charge in [0.1, 0.15) is 0 Å². The highest BCUT2D eigenvalue weighted by atomic mass is 19.1. The number of hydrogen-bond acceptors (Lipinski definition) is 4. The second kappa shape index (κ2) is 6.98. The molecule has 0 spiro atoms. The zero-order chi connectivity index (χ0) is 19.0. The molecule has 1 aliphatic carbocycles. The molecule has 2 heterocycles. The van der Waals surface area contributed by atoms with Crippen LogP contribution in [-0.4, -0.2) is 47.4 Å². The van der Waals surface area contributed by atoms with Crippen molar-refractivity contribution in [3.8, 4) is 5.75 Å². The van der Waals surface area contributed by atoms with Gasteiger partial charge in [0.05, 0.1) is 12.7 Å². The molecule has 7 heteroatoms. The number of fused-ring (bicyclic) bond motifs is 2. The maximum atomic E-state index is 13.9. The SMILES string of the molecule is COc1ccc(C(=O)N2C[C@@H]3C[C@H]2C[C@@H]3NC(=O)c2cccnc2)cc1F. The van der Waals surface area contributed by atoms with Gasteiger partial charge in [-0.25, -0.2) is 4.39 Å². The van der Waals surface area contributed by atoms with Gasteiger partial charge in [0.15, 0.2) is 11.6 Å². The maximum Gasteiger partial charge on any atom is 0.254 e. The molecule has 140 valence electrons. The number of piperidine rings is 1. The van der Waals surface area contributed by atoms with Gasteiger partial charge in [-0.2, -0.15) is 0 Å². The number of hydrogen-bond donors (Lipinski definition) is 1. The third kappa shape index (κ3) is 3.25. The summed E-state index contributed by atoms with van der Waals surface area (Å²) in [6, 6.07) is 7.82. The summed E-state index contributed by atoms with van der Waals surface area (Å²) in [7, 11) is 1.39. The van der Waals surface area contributed by atoms with Crippen LogP contribution in [0.15, 0.2) is 42.7 Å². The molecule has 1 aliphatic heterocycles. The fraction of sp³-hybridized carbons (Fsp3) is 0.350. The summed E-state index contributed by atoms with van der Waals surface area (Å²) in [4.78, 5) is 30.8. The molecule has 2 fully saturated rings. The molecule has 1 aromatic heterocycles. The van der Waals surface area contributed by atoms with E-state index >= 15 is 0 Å². The average Bonchev–Trinajstić information content (AvgIpc) is 3.28. The van der Waals surface area contributed by atoms with Crippen LogP contribution in [0.1, 0.15) is 33.6 Å². The third-order valence-corrected chi connectivity index (χ3v) is 5.44. The van der Waals surface area contributed by atoms with Gasteiger partial charge in [0.2, 0.25) is 0 Å². The number of amides is 2. The van der Waals surface area contributed by atoms with Crippen LogP contribution in [0.2, 0.25) is 0 Å². The van der Waals surface area contributed by atoms with E-state index in [1.165, 1.54) is 25.4 Å². The van der Waals surface area contributed by atoms with E-state index in [4.69, 9.17) is 4.74 Å². The fourth-order valence-electron chi connectivity index (χ4n) is 4.09. The number of benzene rings is 1. The molecule has 1 N–H and O–H groups in total. The standard InChI is InChI=1S/C20H20FN3O3/c1-27-18-5-4-12(8-16(18)21)20(26)24-11-14-7-15(24)9-17(14)23-19(25)13-3-2-6-22-10-13/h2-6,8,10,14-15,17H,7,9,11H2,1H3,(H,23,25)/t14-,15-,17-/m0/s1. The number of nitrogens with one attached hydrogen (secondary N) is 1. The molecule has 2 aromatic rings. The van der Waals surface area contributed by atoms with Gasteiger partial charge in [0, 0.05) is 36.6 Å². The Morgan fingerprint density at radius 1 is 1.26 bits per heavy atom. The van der Waals surface area contributed by atoms with Crippen LogP contribution in [0, 0.1) is 11.7 Å². The van der Waals surface area contributed by atoms with E-state index in [0.717, 1.165) is 6.42 Å². The number of nitrogens with zero attached hydrogens (tertiary/aromatic N) is 2. The summed E-state index contributed by atoms with van der Waals surface area (Å²) in [5.74, 6) is -0.540. The minimum atomic E-state index is -0.547. The topological polar surface area (TPSA) is 71.5 Å².